The van der Waals surface area contributed by atoms with Crippen LogP contribution in [-0.2, 0) is 14.3 Å². The van der Waals surface area contributed by atoms with Crippen LogP contribution in [0.15, 0.2) is 24.3 Å². The van der Waals surface area contributed by atoms with Crippen molar-refractivity contribution in [3.8, 4) is 17.6 Å². The lowest BCUT2D eigenvalue weighted by atomic mass is 10.2. The van der Waals surface area contributed by atoms with E-state index < -0.39 is 4.93 Å². The molecule has 0 unspecified atom stereocenters. The smallest absolute Gasteiger partial charge is 0.251 e. The van der Waals surface area contributed by atoms with Gasteiger partial charge >= 0.3 is 0 Å². The van der Waals surface area contributed by atoms with Crippen LogP contribution in [0, 0.1) is 17.8 Å². The number of carbonyl (C=O) groups excluding carboxylic acids is 2. The number of hydrogen-bond donors (Lipinski definition) is 3. The van der Waals surface area contributed by atoms with E-state index in [-0.39, 0.29) is 42.3 Å². The van der Waals surface area contributed by atoms with Gasteiger partial charge in [-0.2, -0.15) is 0 Å². The Morgan fingerprint density at radius 2 is 1.74 bits per heavy atom. The molecule has 10 heteroatoms. The first-order valence-corrected chi connectivity index (χ1v) is 15.5. The first-order valence-electron chi connectivity index (χ1n) is 13.4. The quantitative estimate of drug-likeness (QED) is 0.107. The summed E-state index contributed by atoms with van der Waals surface area (Å²) in [6, 6.07) is 7.50. The normalized spacial score (nSPS) is 13.0. The van der Waals surface area contributed by atoms with Crippen LogP contribution in [0.1, 0.15) is 65.7 Å². The molecule has 0 radical (unpaired) electrons. The van der Waals surface area contributed by atoms with E-state index in [1.54, 1.807) is 39.8 Å². The zero-order valence-electron chi connectivity index (χ0n) is 24.8. The highest BCUT2D eigenvalue weighted by molar-refractivity contribution is 8.77. The van der Waals surface area contributed by atoms with Gasteiger partial charge in [0.25, 0.3) is 5.91 Å². The van der Waals surface area contributed by atoms with E-state index in [0.29, 0.717) is 43.6 Å². The van der Waals surface area contributed by atoms with Crippen LogP contribution >= 0.6 is 21.6 Å². The fourth-order valence-corrected chi connectivity index (χ4v) is 5.05. The first-order chi connectivity index (χ1) is 18.3. The van der Waals surface area contributed by atoms with Crippen LogP contribution in [0.3, 0.4) is 0 Å². The van der Waals surface area contributed by atoms with Crippen LogP contribution in [0.4, 0.5) is 0 Å². The van der Waals surface area contributed by atoms with Crippen molar-refractivity contribution in [2.24, 2.45) is 5.92 Å². The SMILES string of the molecule is CC(C)C#CCNC(=O)COCCO[C@](C)(COc1cccc(C(=O)NCCNC(C)C)c1)SSC(C)(C)C. The molecule has 1 rings (SSSR count). The summed E-state index contributed by atoms with van der Waals surface area (Å²) in [6.07, 6.45) is 0. The van der Waals surface area contributed by atoms with Gasteiger partial charge in [0.05, 0.1) is 19.8 Å². The van der Waals surface area contributed by atoms with Gasteiger partial charge in [0, 0.05) is 35.4 Å². The maximum atomic E-state index is 12.5. The number of hydrogen-bond acceptors (Lipinski definition) is 8. The summed E-state index contributed by atoms with van der Waals surface area (Å²) < 4.78 is 17.7. The van der Waals surface area contributed by atoms with Gasteiger partial charge in [0.1, 0.15) is 19.0 Å². The summed E-state index contributed by atoms with van der Waals surface area (Å²) in [6.45, 7) is 18.8. The predicted molar refractivity (Wildman–Crippen MR) is 163 cm³/mol. The Morgan fingerprint density at radius 3 is 2.41 bits per heavy atom. The number of nitrogens with one attached hydrogen (secondary N) is 3. The summed E-state index contributed by atoms with van der Waals surface area (Å²) >= 11 is 0. The maximum Gasteiger partial charge on any atom is 0.251 e. The van der Waals surface area contributed by atoms with E-state index in [2.05, 4.69) is 62.4 Å². The van der Waals surface area contributed by atoms with Crippen LogP contribution in [-0.4, -0.2) is 73.6 Å². The van der Waals surface area contributed by atoms with Crippen molar-refractivity contribution in [2.75, 3.05) is 46.1 Å². The monoisotopic (exact) mass is 581 g/mol. The highest BCUT2D eigenvalue weighted by Gasteiger charge is 2.30. The third kappa shape index (κ3) is 18.1. The second-order valence-electron chi connectivity index (χ2n) is 10.7. The van der Waals surface area contributed by atoms with Crippen LogP contribution in [0.5, 0.6) is 5.75 Å². The van der Waals surface area contributed by atoms with Gasteiger partial charge in [-0.3, -0.25) is 9.59 Å². The van der Waals surface area contributed by atoms with E-state index in [1.807, 2.05) is 26.8 Å². The molecule has 0 saturated heterocycles. The minimum atomic E-state index is -0.684. The third-order valence-electron chi connectivity index (χ3n) is 4.66. The molecule has 0 aromatic heterocycles. The second-order valence-corrected chi connectivity index (χ2v) is 14.2. The van der Waals surface area contributed by atoms with Gasteiger partial charge in [-0.25, -0.2) is 0 Å². The van der Waals surface area contributed by atoms with E-state index in [4.69, 9.17) is 14.2 Å². The van der Waals surface area contributed by atoms with E-state index in [1.165, 1.54) is 0 Å². The highest BCUT2D eigenvalue weighted by Crippen LogP contribution is 2.44. The number of ether oxygens (including phenoxy) is 3. The Balaban J connectivity index is 2.60. The molecule has 0 aliphatic rings. The molecular weight excluding hydrogens is 534 g/mol. The van der Waals surface area contributed by atoms with Gasteiger partial charge in [-0.1, -0.05) is 88.0 Å². The Kier molecular flexibility index (Phi) is 16.6. The summed E-state index contributed by atoms with van der Waals surface area (Å²) in [7, 11) is 3.29. The lowest BCUT2D eigenvalue weighted by molar-refractivity contribution is -0.126. The summed E-state index contributed by atoms with van der Waals surface area (Å²) in [5.41, 5.74) is 0.540. The third-order valence-corrected chi connectivity index (χ3v) is 8.64. The molecule has 0 spiro atoms. The van der Waals surface area contributed by atoms with Gasteiger partial charge in [-0.15, -0.1) is 0 Å². The standard InChI is InChI=1S/C29H47N3O5S2/c1-22(2)11-10-14-31-26(33)20-35-17-18-37-29(8,39-38-28(5,6)7)21-36-25-13-9-12-24(19-25)27(34)32-16-15-30-23(3)4/h9,12-13,19,22-23,30H,14-18,20-21H2,1-8H3,(H,31,33)(H,32,34)/t29-/m0/s1. The van der Waals surface area contributed by atoms with Crippen molar-refractivity contribution >= 4 is 33.4 Å². The lowest BCUT2D eigenvalue weighted by Gasteiger charge is -2.31. The van der Waals surface area contributed by atoms with Crippen LogP contribution in [0.25, 0.3) is 0 Å². The fraction of sp³-hybridized carbons (Fsp3) is 0.655. The first kappa shape index (κ1) is 35.1. The Bertz CT molecular complexity index is 941. The lowest BCUT2D eigenvalue weighted by Crippen LogP contribution is -2.35. The molecule has 220 valence electrons. The molecule has 0 aliphatic carbocycles. The van der Waals surface area contributed by atoms with E-state index >= 15 is 0 Å². The number of benzene rings is 1. The molecule has 1 aromatic carbocycles. The van der Waals surface area contributed by atoms with Crippen molar-refractivity contribution < 1.29 is 23.8 Å². The molecule has 0 saturated carbocycles. The molecule has 0 heterocycles. The fourth-order valence-electron chi connectivity index (χ4n) is 2.81. The summed E-state index contributed by atoms with van der Waals surface area (Å²) in [4.78, 5) is 23.7. The molecule has 2 amide bonds. The molecule has 0 fully saturated rings. The van der Waals surface area contributed by atoms with Crippen molar-refractivity contribution in [1.82, 2.24) is 16.0 Å². The van der Waals surface area contributed by atoms with Gasteiger partial charge in [0.15, 0.2) is 4.93 Å². The zero-order chi connectivity index (χ0) is 29.3. The minimum Gasteiger partial charge on any atom is -0.490 e. The van der Waals surface area contributed by atoms with E-state index in [0.717, 1.165) is 0 Å². The number of rotatable bonds is 17. The van der Waals surface area contributed by atoms with Crippen molar-refractivity contribution in [1.29, 1.82) is 0 Å². The van der Waals surface area contributed by atoms with Crippen LogP contribution in [0.2, 0.25) is 0 Å². The average Bonchev–Trinajstić information content (AvgIpc) is 2.86. The molecule has 1 atom stereocenters. The Labute approximate surface area is 243 Å². The Hall–Kier alpha value is -1.90. The molecule has 39 heavy (non-hydrogen) atoms. The van der Waals surface area contributed by atoms with Gasteiger partial charge < -0.3 is 30.2 Å². The highest BCUT2D eigenvalue weighted by atomic mass is 33.1. The van der Waals surface area contributed by atoms with Crippen LogP contribution < -0.4 is 20.7 Å². The average molecular weight is 582 g/mol. The predicted octanol–water partition coefficient (Wildman–Crippen LogP) is 4.50. The van der Waals surface area contributed by atoms with Gasteiger partial charge in [0.2, 0.25) is 5.91 Å². The maximum absolute atomic E-state index is 12.5. The second kappa shape index (κ2) is 18.4. The Morgan fingerprint density at radius 1 is 1.00 bits per heavy atom. The molecule has 1 aromatic rings. The molecule has 0 bridgehead atoms. The molecule has 3 N–H and O–H groups in total. The topological polar surface area (TPSA) is 97.9 Å². The summed E-state index contributed by atoms with van der Waals surface area (Å²) in [5.74, 6) is 6.42. The molecular formula is C29H47N3O5S2. The zero-order valence-corrected chi connectivity index (χ0v) is 26.4. The minimum absolute atomic E-state index is 0.0186. The largest absolute Gasteiger partial charge is 0.490 e. The number of amides is 2. The van der Waals surface area contributed by atoms with Crippen molar-refractivity contribution in [3.05, 3.63) is 29.8 Å². The molecule has 0 aliphatic heterocycles. The summed E-state index contributed by atoms with van der Waals surface area (Å²) in [5, 5.41) is 8.91. The van der Waals surface area contributed by atoms with Crippen molar-refractivity contribution in [3.63, 3.8) is 0 Å². The number of carbonyl (C=O) groups is 2. The van der Waals surface area contributed by atoms with E-state index in [9.17, 15) is 9.59 Å². The van der Waals surface area contributed by atoms with Gasteiger partial charge in [-0.05, 0) is 25.1 Å². The van der Waals surface area contributed by atoms with Crippen molar-refractivity contribution in [2.45, 2.75) is 71.1 Å². The molecule has 8 nitrogen and oxygen atoms in total.